The van der Waals surface area contributed by atoms with Crippen LogP contribution in [0.1, 0.15) is 36.6 Å². The van der Waals surface area contributed by atoms with Gasteiger partial charge in [0.2, 0.25) is 0 Å². The third-order valence-electron chi connectivity index (χ3n) is 3.61. The summed E-state index contributed by atoms with van der Waals surface area (Å²) >= 11 is 0. The monoisotopic (exact) mass is 296 g/mol. The third-order valence-corrected chi connectivity index (χ3v) is 3.61. The number of fused-ring (bicyclic) bond motifs is 1. The Bertz CT molecular complexity index is 842. The molecule has 0 bridgehead atoms. The van der Waals surface area contributed by atoms with Crippen molar-refractivity contribution < 1.29 is 19.5 Å². The molecule has 2 aromatic rings. The van der Waals surface area contributed by atoms with Crippen LogP contribution < -0.4 is 10.6 Å². The lowest BCUT2D eigenvalue weighted by atomic mass is 10.1. The van der Waals surface area contributed by atoms with Crippen LogP contribution in [-0.2, 0) is 0 Å². The number of anilines is 2. The molecule has 110 valence electrons. The summed E-state index contributed by atoms with van der Waals surface area (Å²) in [4.78, 5) is 37.0. The molecule has 2 aromatic carbocycles. The summed E-state index contributed by atoms with van der Waals surface area (Å²) in [7, 11) is 0. The predicted molar refractivity (Wildman–Crippen MR) is 80.1 cm³/mol. The molecule has 0 spiro atoms. The second-order valence-electron chi connectivity index (χ2n) is 5.06. The normalized spacial score (nSPS) is 13.4. The average Bonchev–Trinajstić information content (AvgIpc) is 2.73. The molecule has 22 heavy (non-hydrogen) atoms. The Kier molecular flexibility index (Phi) is 2.95. The van der Waals surface area contributed by atoms with E-state index in [0.29, 0.717) is 11.4 Å². The quantitative estimate of drug-likeness (QED) is 0.652. The molecule has 6 nitrogen and oxygen atoms in total. The van der Waals surface area contributed by atoms with Gasteiger partial charge in [-0.2, -0.15) is 0 Å². The van der Waals surface area contributed by atoms with Gasteiger partial charge in [-0.05, 0) is 42.8 Å². The van der Waals surface area contributed by atoms with Crippen LogP contribution in [0, 0.1) is 6.92 Å². The highest BCUT2D eigenvalue weighted by atomic mass is 16.4. The highest BCUT2D eigenvalue weighted by Gasteiger charge is 2.37. The summed E-state index contributed by atoms with van der Waals surface area (Å²) in [5, 5.41) is 9.01. The zero-order valence-electron chi connectivity index (χ0n) is 11.7. The largest absolute Gasteiger partial charge is 0.478 e. The summed E-state index contributed by atoms with van der Waals surface area (Å²) in [5.41, 5.74) is 7.54. The van der Waals surface area contributed by atoms with Gasteiger partial charge in [0, 0.05) is 5.69 Å². The number of carboxylic acids is 1. The zero-order chi connectivity index (χ0) is 16.0. The van der Waals surface area contributed by atoms with E-state index in [1.807, 2.05) is 0 Å². The number of carbonyl (C=O) groups excluding carboxylic acids is 2. The molecule has 1 aliphatic heterocycles. The molecule has 6 heteroatoms. The molecule has 0 saturated heterocycles. The SMILES string of the molecule is Cc1ccc(N)cc1N1C(=O)c2ccc(C(=O)O)cc2C1=O. The Morgan fingerprint density at radius 2 is 1.73 bits per heavy atom. The minimum atomic E-state index is -1.15. The topological polar surface area (TPSA) is 101 Å². The van der Waals surface area contributed by atoms with E-state index in [9.17, 15) is 14.4 Å². The van der Waals surface area contributed by atoms with Gasteiger partial charge in [0.1, 0.15) is 0 Å². The molecule has 0 atom stereocenters. The van der Waals surface area contributed by atoms with Crippen molar-refractivity contribution >= 4 is 29.2 Å². The Balaban J connectivity index is 2.14. The standard InChI is InChI=1S/C16H12N2O4/c1-8-2-4-10(17)7-13(8)18-14(19)11-5-3-9(16(21)22)6-12(11)15(18)20/h2-7H,17H2,1H3,(H,21,22). The number of imide groups is 1. The minimum Gasteiger partial charge on any atom is -0.478 e. The molecule has 0 fully saturated rings. The Morgan fingerprint density at radius 3 is 2.41 bits per heavy atom. The first-order valence-corrected chi connectivity index (χ1v) is 6.52. The number of rotatable bonds is 2. The highest BCUT2D eigenvalue weighted by molar-refractivity contribution is 6.35. The third kappa shape index (κ3) is 1.93. The van der Waals surface area contributed by atoms with E-state index in [4.69, 9.17) is 10.8 Å². The fraction of sp³-hybridized carbons (Fsp3) is 0.0625. The minimum absolute atomic E-state index is 0.0361. The van der Waals surface area contributed by atoms with Crippen LogP contribution in [0.4, 0.5) is 11.4 Å². The molecule has 0 saturated carbocycles. The van der Waals surface area contributed by atoms with Crippen molar-refractivity contribution in [1.82, 2.24) is 0 Å². The van der Waals surface area contributed by atoms with Gasteiger partial charge >= 0.3 is 5.97 Å². The molecule has 3 rings (SSSR count). The fourth-order valence-electron chi connectivity index (χ4n) is 2.46. The van der Waals surface area contributed by atoms with Gasteiger partial charge in [-0.15, -0.1) is 0 Å². The van der Waals surface area contributed by atoms with Crippen molar-refractivity contribution in [3.63, 3.8) is 0 Å². The van der Waals surface area contributed by atoms with Crippen molar-refractivity contribution in [1.29, 1.82) is 0 Å². The number of aryl methyl sites for hydroxylation is 1. The van der Waals surface area contributed by atoms with Crippen LogP contribution in [0.25, 0.3) is 0 Å². The number of hydrogen-bond acceptors (Lipinski definition) is 4. The molecule has 0 aliphatic carbocycles. The van der Waals surface area contributed by atoms with Gasteiger partial charge in [-0.3, -0.25) is 9.59 Å². The van der Waals surface area contributed by atoms with E-state index in [1.54, 1.807) is 25.1 Å². The molecule has 2 amide bonds. The van der Waals surface area contributed by atoms with E-state index >= 15 is 0 Å². The average molecular weight is 296 g/mol. The molecule has 1 aliphatic rings. The number of hydrogen-bond donors (Lipinski definition) is 2. The van der Waals surface area contributed by atoms with Crippen molar-refractivity contribution in [2.75, 3.05) is 10.6 Å². The van der Waals surface area contributed by atoms with E-state index in [1.165, 1.54) is 18.2 Å². The maximum absolute atomic E-state index is 12.5. The molecule has 0 unspecified atom stereocenters. The second kappa shape index (κ2) is 4.70. The maximum Gasteiger partial charge on any atom is 0.335 e. The molecule has 0 radical (unpaired) electrons. The smallest absolute Gasteiger partial charge is 0.335 e. The number of nitrogens with two attached hydrogens (primary N) is 1. The lowest BCUT2D eigenvalue weighted by molar-refractivity contribution is 0.0696. The molecular weight excluding hydrogens is 284 g/mol. The van der Waals surface area contributed by atoms with Crippen LogP contribution in [0.15, 0.2) is 36.4 Å². The van der Waals surface area contributed by atoms with Crippen LogP contribution in [-0.4, -0.2) is 22.9 Å². The van der Waals surface area contributed by atoms with Crippen LogP contribution in [0.5, 0.6) is 0 Å². The maximum atomic E-state index is 12.5. The highest BCUT2D eigenvalue weighted by Crippen LogP contribution is 2.32. The first-order valence-electron chi connectivity index (χ1n) is 6.52. The Morgan fingerprint density at radius 1 is 1.05 bits per heavy atom. The van der Waals surface area contributed by atoms with Crippen LogP contribution >= 0.6 is 0 Å². The van der Waals surface area contributed by atoms with Crippen LogP contribution in [0.2, 0.25) is 0 Å². The van der Waals surface area contributed by atoms with Crippen molar-refractivity contribution in [2.45, 2.75) is 6.92 Å². The number of nitrogen functional groups attached to an aromatic ring is 1. The molecule has 0 aromatic heterocycles. The molecular formula is C16H12N2O4. The molecule has 1 heterocycles. The van der Waals surface area contributed by atoms with E-state index < -0.39 is 17.8 Å². The van der Waals surface area contributed by atoms with Crippen LogP contribution in [0.3, 0.4) is 0 Å². The van der Waals surface area contributed by atoms with E-state index in [-0.39, 0.29) is 16.7 Å². The van der Waals surface area contributed by atoms with E-state index in [0.717, 1.165) is 10.5 Å². The van der Waals surface area contributed by atoms with Gasteiger partial charge in [-0.25, -0.2) is 9.69 Å². The number of aromatic carboxylic acids is 1. The van der Waals surface area contributed by atoms with Crippen molar-refractivity contribution in [2.24, 2.45) is 0 Å². The van der Waals surface area contributed by atoms with Gasteiger partial charge in [0.05, 0.1) is 22.4 Å². The zero-order valence-corrected chi connectivity index (χ0v) is 11.7. The summed E-state index contributed by atoms with van der Waals surface area (Å²) in [5.74, 6) is -2.18. The van der Waals surface area contributed by atoms with Gasteiger partial charge in [0.25, 0.3) is 11.8 Å². The first-order chi connectivity index (χ1) is 10.4. The number of benzene rings is 2. The van der Waals surface area contributed by atoms with Gasteiger partial charge in [0.15, 0.2) is 0 Å². The van der Waals surface area contributed by atoms with Crippen molar-refractivity contribution in [3.8, 4) is 0 Å². The van der Waals surface area contributed by atoms with Gasteiger partial charge in [-0.1, -0.05) is 6.07 Å². The summed E-state index contributed by atoms with van der Waals surface area (Å²) in [6.45, 7) is 1.76. The van der Waals surface area contributed by atoms with Crippen molar-refractivity contribution in [3.05, 3.63) is 58.7 Å². The number of carbonyl (C=O) groups is 3. The number of carboxylic acid groups (broad SMARTS) is 1. The summed E-state index contributed by atoms with van der Waals surface area (Å²) in [6, 6.07) is 8.84. The summed E-state index contributed by atoms with van der Waals surface area (Å²) in [6.07, 6.45) is 0. The predicted octanol–water partition coefficient (Wildman–Crippen LogP) is 2.08. The summed E-state index contributed by atoms with van der Waals surface area (Å²) < 4.78 is 0. The Hall–Kier alpha value is -3.15. The van der Waals surface area contributed by atoms with Gasteiger partial charge < -0.3 is 10.8 Å². The fourth-order valence-corrected chi connectivity index (χ4v) is 2.46. The number of nitrogens with zero attached hydrogens (tertiary/aromatic N) is 1. The second-order valence-corrected chi connectivity index (χ2v) is 5.06. The number of amides is 2. The first kappa shape index (κ1) is 13.8. The lowest BCUT2D eigenvalue weighted by Crippen LogP contribution is -2.30. The van der Waals surface area contributed by atoms with E-state index in [2.05, 4.69) is 0 Å². The lowest BCUT2D eigenvalue weighted by Gasteiger charge is -2.17. The molecule has 3 N–H and O–H groups in total. The Labute approximate surface area is 125 Å².